The van der Waals surface area contributed by atoms with Crippen LogP contribution < -0.4 is 5.23 Å². The first-order valence-corrected chi connectivity index (χ1v) is 15.5. The maximum atomic E-state index is 5.31. The molecule has 0 atom stereocenters. The van der Waals surface area contributed by atoms with Gasteiger partial charge in [0.15, 0.2) is 7.98 Å². The monoisotopic (exact) mass is 507 g/mol. The van der Waals surface area contributed by atoms with Gasteiger partial charge < -0.3 is 5.23 Å². The summed E-state index contributed by atoms with van der Waals surface area (Å²) in [5.74, 6) is 0. The van der Waals surface area contributed by atoms with Crippen molar-refractivity contribution in [1.82, 2.24) is 5.23 Å². The minimum atomic E-state index is -0.0918. The second-order valence-electron chi connectivity index (χ2n) is 11.0. The Balaban J connectivity index is 1.38. The Kier molecular flexibility index (Phi) is 15.0. The SMILES string of the molecule is [B]NCCCCCCCCCCCCCCCCCC(c1ccccc1)(c1ccccc1)c1ccccc1. The van der Waals surface area contributed by atoms with E-state index in [-0.39, 0.29) is 5.41 Å². The third-order valence-electron chi connectivity index (χ3n) is 8.17. The fourth-order valence-corrected chi connectivity index (χ4v) is 6.02. The minimum absolute atomic E-state index is 0.0918. The van der Waals surface area contributed by atoms with Crippen molar-refractivity contribution in [3.8, 4) is 0 Å². The first-order valence-electron chi connectivity index (χ1n) is 15.5. The van der Waals surface area contributed by atoms with Crippen molar-refractivity contribution < 1.29 is 0 Å². The Morgan fingerprint density at radius 2 is 0.684 bits per heavy atom. The maximum absolute atomic E-state index is 5.31. The normalized spacial score (nSPS) is 11.6. The molecular formula is C36H50BN. The van der Waals surface area contributed by atoms with E-state index >= 15 is 0 Å². The van der Waals surface area contributed by atoms with Gasteiger partial charge in [0.05, 0.1) is 0 Å². The second-order valence-corrected chi connectivity index (χ2v) is 11.0. The summed E-state index contributed by atoms with van der Waals surface area (Å²) in [6.07, 6.45) is 21.6. The molecule has 1 N–H and O–H groups in total. The van der Waals surface area contributed by atoms with Crippen LogP contribution in [0.1, 0.15) is 119 Å². The third-order valence-corrected chi connectivity index (χ3v) is 8.17. The van der Waals surface area contributed by atoms with Gasteiger partial charge in [0, 0.05) is 5.41 Å². The lowest BCUT2D eigenvalue weighted by atomic mass is 9.66. The van der Waals surface area contributed by atoms with E-state index in [1.54, 1.807) is 0 Å². The molecule has 0 aliphatic rings. The molecule has 3 aromatic carbocycles. The van der Waals surface area contributed by atoms with E-state index in [9.17, 15) is 0 Å². The fraction of sp³-hybridized carbons (Fsp3) is 0.500. The zero-order valence-electron chi connectivity index (χ0n) is 23.8. The Labute approximate surface area is 235 Å². The highest BCUT2D eigenvalue weighted by molar-refractivity contribution is 6.04. The Bertz CT molecular complexity index is 844. The number of unbranched alkanes of at least 4 members (excludes halogenated alkanes) is 14. The van der Waals surface area contributed by atoms with E-state index in [1.807, 2.05) is 0 Å². The van der Waals surface area contributed by atoms with Crippen LogP contribution in [0.15, 0.2) is 91.0 Å². The average molecular weight is 508 g/mol. The van der Waals surface area contributed by atoms with E-state index in [2.05, 4.69) is 96.2 Å². The van der Waals surface area contributed by atoms with Gasteiger partial charge in [-0.1, -0.05) is 181 Å². The molecule has 3 aromatic rings. The Morgan fingerprint density at radius 3 is 1.00 bits per heavy atom. The molecule has 1 nitrogen and oxygen atoms in total. The van der Waals surface area contributed by atoms with Gasteiger partial charge in [0.2, 0.25) is 0 Å². The lowest BCUT2D eigenvalue weighted by molar-refractivity contribution is 0.491. The van der Waals surface area contributed by atoms with Crippen LogP contribution in [0.4, 0.5) is 0 Å². The van der Waals surface area contributed by atoms with Crippen molar-refractivity contribution in [3.63, 3.8) is 0 Å². The molecule has 0 heterocycles. The van der Waals surface area contributed by atoms with Gasteiger partial charge in [-0.05, 0) is 36.1 Å². The molecule has 0 saturated heterocycles. The van der Waals surface area contributed by atoms with Gasteiger partial charge in [-0.15, -0.1) is 0 Å². The highest BCUT2D eigenvalue weighted by atomic mass is 14.7. The quantitative estimate of drug-likeness (QED) is 0.0859. The van der Waals surface area contributed by atoms with Crippen molar-refractivity contribution in [1.29, 1.82) is 0 Å². The van der Waals surface area contributed by atoms with Crippen molar-refractivity contribution in [2.75, 3.05) is 6.54 Å². The average Bonchev–Trinajstić information content (AvgIpc) is 2.98. The van der Waals surface area contributed by atoms with Gasteiger partial charge >= 0.3 is 0 Å². The van der Waals surface area contributed by atoms with Crippen molar-refractivity contribution in [2.24, 2.45) is 0 Å². The van der Waals surface area contributed by atoms with E-state index in [0.717, 1.165) is 13.0 Å². The predicted molar refractivity (Wildman–Crippen MR) is 167 cm³/mol. The van der Waals surface area contributed by atoms with Crippen LogP contribution in [0.3, 0.4) is 0 Å². The Morgan fingerprint density at radius 1 is 0.395 bits per heavy atom. The van der Waals surface area contributed by atoms with Gasteiger partial charge in [0.25, 0.3) is 0 Å². The largest absolute Gasteiger partial charge is 0.366 e. The Hall–Kier alpha value is -2.32. The fourth-order valence-electron chi connectivity index (χ4n) is 6.02. The summed E-state index contributed by atoms with van der Waals surface area (Å²) < 4.78 is 0. The molecule has 0 spiro atoms. The lowest BCUT2D eigenvalue weighted by Crippen LogP contribution is -2.29. The van der Waals surface area contributed by atoms with Crippen LogP contribution in [0.25, 0.3) is 0 Å². The molecule has 0 unspecified atom stereocenters. The molecule has 202 valence electrons. The second kappa shape index (κ2) is 18.9. The highest BCUT2D eigenvalue weighted by Crippen LogP contribution is 2.43. The van der Waals surface area contributed by atoms with Gasteiger partial charge in [-0.3, -0.25) is 0 Å². The van der Waals surface area contributed by atoms with Crippen LogP contribution >= 0.6 is 0 Å². The summed E-state index contributed by atoms with van der Waals surface area (Å²) in [6.45, 7) is 0.954. The third kappa shape index (κ3) is 10.1. The van der Waals surface area contributed by atoms with Gasteiger partial charge in [0.1, 0.15) is 0 Å². The molecule has 2 heteroatoms. The topological polar surface area (TPSA) is 12.0 Å². The van der Waals surface area contributed by atoms with Crippen LogP contribution in [0.5, 0.6) is 0 Å². The summed E-state index contributed by atoms with van der Waals surface area (Å²) in [6, 6.07) is 33.5. The number of hydrogen-bond acceptors (Lipinski definition) is 1. The summed E-state index contributed by atoms with van der Waals surface area (Å²) in [5.41, 5.74) is 4.12. The highest BCUT2D eigenvalue weighted by Gasteiger charge is 2.35. The molecule has 0 aliphatic carbocycles. The number of benzene rings is 3. The van der Waals surface area contributed by atoms with Gasteiger partial charge in [-0.2, -0.15) is 0 Å². The molecule has 38 heavy (non-hydrogen) atoms. The molecule has 0 aromatic heterocycles. The number of hydrogen-bond donors (Lipinski definition) is 1. The van der Waals surface area contributed by atoms with Crippen molar-refractivity contribution in [3.05, 3.63) is 108 Å². The number of nitrogens with one attached hydrogen (secondary N) is 1. The van der Waals surface area contributed by atoms with Crippen LogP contribution in [-0.4, -0.2) is 14.5 Å². The standard InChI is InChI=1S/C36H50BN/c37-38-32-24-13-11-9-7-5-3-1-2-4-6-8-10-12-23-31-36(33-25-17-14-18-26-33,34-27-19-15-20-28-34)35-29-21-16-22-30-35/h14-22,25-30,38H,1-13,23-24,31-32H2. The van der Waals surface area contributed by atoms with Crippen molar-refractivity contribution in [2.45, 2.75) is 108 Å². The zero-order chi connectivity index (χ0) is 26.6. The lowest BCUT2D eigenvalue weighted by Gasteiger charge is -2.36. The summed E-state index contributed by atoms with van der Waals surface area (Å²) in [5, 5.41) is 2.74. The van der Waals surface area contributed by atoms with Crippen molar-refractivity contribution >= 4 is 7.98 Å². The van der Waals surface area contributed by atoms with E-state index in [4.69, 9.17) is 7.98 Å². The molecule has 0 aliphatic heterocycles. The first kappa shape index (κ1) is 30.2. The smallest absolute Gasteiger partial charge is 0.177 e. The maximum Gasteiger partial charge on any atom is 0.177 e. The minimum Gasteiger partial charge on any atom is -0.366 e. The number of rotatable bonds is 21. The van der Waals surface area contributed by atoms with Crippen LogP contribution in [0.2, 0.25) is 0 Å². The molecule has 0 saturated carbocycles. The molecule has 3 rings (SSSR count). The zero-order valence-corrected chi connectivity index (χ0v) is 23.8. The summed E-state index contributed by atoms with van der Waals surface area (Å²) >= 11 is 0. The van der Waals surface area contributed by atoms with Crippen LogP contribution in [0, 0.1) is 0 Å². The summed E-state index contributed by atoms with van der Waals surface area (Å²) in [4.78, 5) is 0. The van der Waals surface area contributed by atoms with E-state index in [0.29, 0.717) is 0 Å². The first-order chi connectivity index (χ1) is 18.9. The van der Waals surface area contributed by atoms with Crippen LogP contribution in [-0.2, 0) is 5.41 Å². The summed E-state index contributed by atoms with van der Waals surface area (Å²) in [7, 11) is 5.31. The molecule has 0 amide bonds. The molecule has 0 bridgehead atoms. The predicted octanol–water partition coefficient (Wildman–Crippen LogP) is 9.94. The molecule has 2 radical (unpaired) electrons. The molecular weight excluding hydrogens is 457 g/mol. The van der Waals surface area contributed by atoms with E-state index < -0.39 is 0 Å². The molecule has 0 fully saturated rings. The van der Waals surface area contributed by atoms with Gasteiger partial charge in [-0.25, -0.2) is 0 Å². The van der Waals surface area contributed by atoms with E-state index in [1.165, 1.54) is 113 Å².